The molecule has 1 N–H and O–H groups in total. The van der Waals surface area contributed by atoms with E-state index in [0.29, 0.717) is 11.8 Å². The number of carbonyl (C=O) groups excluding carboxylic acids is 1. The Bertz CT molecular complexity index is 1300. The van der Waals surface area contributed by atoms with Crippen molar-refractivity contribution in [2.75, 3.05) is 12.4 Å². The predicted octanol–water partition coefficient (Wildman–Crippen LogP) is 5.28. The number of amides is 1. The Morgan fingerprint density at radius 1 is 1.00 bits per heavy atom. The van der Waals surface area contributed by atoms with Gasteiger partial charge in [0.25, 0.3) is 0 Å². The van der Waals surface area contributed by atoms with Gasteiger partial charge in [-0.25, -0.2) is 0 Å². The highest BCUT2D eigenvalue weighted by atomic mass is 32.2. The first kappa shape index (κ1) is 22.2. The maximum atomic E-state index is 12.9. The van der Waals surface area contributed by atoms with E-state index in [-0.39, 0.29) is 17.7 Å². The second-order valence-corrected chi connectivity index (χ2v) is 9.37. The molecule has 4 aromatic rings. The number of carbonyl (C=O) groups is 1. The summed E-state index contributed by atoms with van der Waals surface area (Å²) < 4.78 is 7.73. The molecule has 2 heterocycles. The van der Waals surface area contributed by atoms with Crippen LogP contribution in [0, 0.1) is 13.8 Å². The van der Waals surface area contributed by atoms with Crippen LogP contribution in [-0.2, 0) is 4.79 Å². The third-order valence-corrected chi connectivity index (χ3v) is 6.79. The van der Waals surface area contributed by atoms with E-state index in [4.69, 9.17) is 4.74 Å². The summed E-state index contributed by atoms with van der Waals surface area (Å²) in [6.45, 7) is 4.72. The van der Waals surface area contributed by atoms with E-state index in [9.17, 15) is 4.79 Å². The van der Waals surface area contributed by atoms with Crippen LogP contribution in [-0.4, -0.2) is 33.0 Å². The molecule has 0 saturated heterocycles. The van der Waals surface area contributed by atoms with E-state index in [1.807, 2.05) is 41.0 Å². The molecule has 1 unspecified atom stereocenters. The van der Waals surface area contributed by atoms with Crippen LogP contribution in [0.4, 0.5) is 0 Å². The first-order valence-corrected chi connectivity index (χ1v) is 12.3. The van der Waals surface area contributed by atoms with Gasteiger partial charge < -0.3 is 10.1 Å². The molecule has 34 heavy (non-hydrogen) atoms. The average molecular weight is 471 g/mol. The summed E-state index contributed by atoms with van der Waals surface area (Å²) in [6, 6.07) is 24.3. The zero-order chi connectivity index (χ0) is 23.5. The number of fused-ring (bicyclic) bond motifs is 1. The van der Waals surface area contributed by atoms with E-state index in [1.165, 1.54) is 22.9 Å². The number of hydrogen-bond donors (Lipinski definition) is 1. The summed E-state index contributed by atoms with van der Waals surface area (Å²) in [4.78, 5) is 12.9. The summed E-state index contributed by atoms with van der Waals surface area (Å²) in [6.07, 6.45) is 0.755. The van der Waals surface area contributed by atoms with Crippen LogP contribution in [0.25, 0.3) is 17.1 Å². The van der Waals surface area contributed by atoms with Gasteiger partial charge >= 0.3 is 0 Å². The molecule has 7 heteroatoms. The molecule has 172 valence electrons. The van der Waals surface area contributed by atoms with Crippen molar-refractivity contribution in [2.24, 2.45) is 0 Å². The standard InChI is InChI=1S/C27H26N4O2S/c1-18-7-11-20(12-8-18)26-29-30-27(31(26)21-13-9-19(2)10-14-21)34-17-25(32)28-23-15-16-33-24-6-4-3-5-22(23)24/h3-14,23H,15-17H2,1-2H3,(H,28,32). The van der Waals surface area contributed by atoms with Crippen molar-refractivity contribution >= 4 is 17.7 Å². The largest absolute Gasteiger partial charge is 0.493 e. The van der Waals surface area contributed by atoms with Crippen LogP contribution in [0.1, 0.15) is 29.2 Å². The molecule has 6 nitrogen and oxygen atoms in total. The van der Waals surface area contributed by atoms with Crippen LogP contribution < -0.4 is 10.1 Å². The summed E-state index contributed by atoms with van der Waals surface area (Å²) in [5.74, 6) is 1.80. The van der Waals surface area contributed by atoms with Crippen LogP contribution in [0.2, 0.25) is 0 Å². The number of aryl methyl sites for hydroxylation is 2. The van der Waals surface area contributed by atoms with E-state index in [1.54, 1.807) is 0 Å². The van der Waals surface area contributed by atoms with Crippen molar-refractivity contribution in [3.63, 3.8) is 0 Å². The molecular formula is C27H26N4O2S. The number of para-hydroxylation sites is 1. The molecule has 1 amide bonds. The monoisotopic (exact) mass is 470 g/mol. The van der Waals surface area contributed by atoms with Crippen molar-refractivity contribution < 1.29 is 9.53 Å². The number of benzene rings is 3. The maximum absolute atomic E-state index is 12.9. The van der Waals surface area contributed by atoms with Crippen molar-refractivity contribution in [1.29, 1.82) is 0 Å². The number of nitrogens with zero attached hydrogens (tertiary/aromatic N) is 3. The first-order chi connectivity index (χ1) is 16.6. The number of nitrogens with one attached hydrogen (secondary N) is 1. The van der Waals surface area contributed by atoms with Gasteiger partial charge in [-0.1, -0.05) is 77.5 Å². The lowest BCUT2D eigenvalue weighted by Gasteiger charge is -2.26. The highest BCUT2D eigenvalue weighted by Gasteiger charge is 2.23. The van der Waals surface area contributed by atoms with Gasteiger partial charge in [-0.2, -0.15) is 0 Å². The zero-order valence-corrected chi connectivity index (χ0v) is 20.0. The van der Waals surface area contributed by atoms with Gasteiger partial charge in [-0.3, -0.25) is 9.36 Å². The van der Waals surface area contributed by atoms with Crippen molar-refractivity contribution in [3.05, 3.63) is 89.5 Å². The number of thioether (sulfide) groups is 1. The number of ether oxygens (including phenoxy) is 1. The fourth-order valence-electron chi connectivity index (χ4n) is 4.04. The first-order valence-electron chi connectivity index (χ1n) is 11.3. The Balaban J connectivity index is 1.37. The third kappa shape index (κ3) is 4.70. The summed E-state index contributed by atoms with van der Waals surface area (Å²) in [5.41, 5.74) is 5.34. The number of aromatic nitrogens is 3. The molecule has 3 aromatic carbocycles. The minimum absolute atomic E-state index is 0.0398. The van der Waals surface area contributed by atoms with Gasteiger partial charge in [0.05, 0.1) is 18.4 Å². The lowest BCUT2D eigenvalue weighted by Crippen LogP contribution is -2.33. The van der Waals surface area contributed by atoms with Crippen LogP contribution in [0.5, 0.6) is 5.75 Å². The maximum Gasteiger partial charge on any atom is 0.230 e. The van der Waals surface area contributed by atoms with Gasteiger partial charge in [0.15, 0.2) is 11.0 Å². The topological polar surface area (TPSA) is 69.0 Å². The molecule has 1 aliphatic heterocycles. The smallest absolute Gasteiger partial charge is 0.230 e. The van der Waals surface area contributed by atoms with E-state index < -0.39 is 0 Å². The molecule has 0 spiro atoms. The molecule has 1 atom stereocenters. The third-order valence-electron chi connectivity index (χ3n) is 5.86. The second-order valence-electron chi connectivity index (χ2n) is 8.43. The molecule has 1 aliphatic rings. The van der Waals surface area contributed by atoms with E-state index in [2.05, 4.69) is 65.8 Å². The number of hydrogen-bond acceptors (Lipinski definition) is 5. The quantitative estimate of drug-likeness (QED) is 0.388. The van der Waals surface area contributed by atoms with Crippen LogP contribution >= 0.6 is 11.8 Å². The Labute approximate surface area is 203 Å². The SMILES string of the molecule is Cc1ccc(-c2nnc(SCC(=O)NC3CCOc4ccccc43)n2-c2ccc(C)cc2)cc1. The van der Waals surface area contributed by atoms with E-state index in [0.717, 1.165) is 34.8 Å². The summed E-state index contributed by atoms with van der Waals surface area (Å²) in [7, 11) is 0. The lowest BCUT2D eigenvalue weighted by molar-refractivity contribution is -0.119. The molecule has 0 saturated carbocycles. The molecule has 0 aliphatic carbocycles. The summed E-state index contributed by atoms with van der Waals surface area (Å²) >= 11 is 1.39. The zero-order valence-electron chi connectivity index (χ0n) is 19.2. The van der Waals surface area contributed by atoms with Crippen molar-refractivity contribution in [2.45, 2.75) is 31.5 Å². The molecular weight excluding hydrogens is 444 g/mol. The van der Waals surface area contributed by atoms with Crippen molar-refractivity contribution in [3.8, 4) is 22.8 Å². The lowest BCUT2D eigenvalue weighted by atomic mass is 10.0. The van der Waals surface area contributed by atoms with Gasteiger partial charge in [0.2, 0.25) is 5.91 Å². The minimum Gasteiger partial charge on any atom is -0.493 e. The van der Waals surface area contributed by atoms with Crippen LogP contribution in [0.15, 0.2) is 78.0 Å². The summed E-state index contributed by atoms with van der Waals surface area (Å²) in [5, 5.41) is 12.8. The molecule has 5 rings (SSSR count). The minimum atomic E-state index is -0.0452. The molecule has 0 fully saturated rings. The van der Waals surface area contributed by atoms with Gasteiger partial charge in [-0.15, -0.1) is 10.2 Å². The normalized spacial score (nSPS) is 14.8. The number of rotatable bonds is 6. The molecule has 0 bridgehead atoms. The van der Waals surface area contributed by atoms with E-state index >= 15 is 0 Å². The van der Waals surface area contributed by atoms with Gasteiger partial charge in [0.1, 0.15) is 5.75 Å². The Kier molecular flexibility index (Phi) is 6.36. The Hall–Kier alpha value is -3.58. The highest BCUT2D eigenvalue weighted by molar-refractivity contribution is 7.99. The van der Waals surface area contributed by atoms with Gasteiger partial charge in [-0.05, 0) is 32.0 Å². The highest BCUT2D eigenvalue weighted by Crippen LogP contribution is 2.32. The second kappa shape index (κ2) is 9.73. The Morgan fingerprint density at radius 2 is 1.71 bits per heavy atom. The van der Waals surface area contributed by atoms with Crippen molar-refractivity contribution in [1.82, 2.24) is 20.1 Å². The molecule has 1 aromatic heterocycles. The fraction of sp³-hybridized carbons (Fsp3) is 0.222. The fourth-order valence-corrected chi connectivity index (χ4v) is 4.80. The van der Waals surface area contributed by atoms with Crippen LogP contribution in [0.3, 0.4) is 0 Å². The Morgan fingerprint density at radius 3 is 2.47 bits per heavy atom. The van der Waals surface area contributed by atoms with Gasteiger partial charge in [0, 0.05) is 23.2 Å². The average Bonchev–Trinajstić information content (AvgIpc) is 3.28. The predicted molar refractivity (Wildman–Crippen MR) is 134 cm³/mol. The molecule has 0 radical (unpaired) electrons.